The summed E-state index contributed by atoms with van der Waals surface area (Å²) in [5.41, 5.74) is 2.15. The Hall–Kier alpha value is -0.500. The van der Waals surface area contributed by atoms with Gasteiger partial charge >= 0.3 is 0 Å². The molecule has 0 heterocycles. The van der Waals surface area contributed by atoms with E-state index in [-0.39, 0.29) is 6.10 Å². The maximum absolute atomic E-state index is 5.54. The highest BCUT2D eigenvalue weighted by molar-refractivity contribution is 9.12. The van der Waals surface area contributed by atoms with Gasteiger partial charge in [0.05, 0.1) is 4.48 Å². The van der Waals surface area contributed by atoms with Crippen LogP contribution in [0.4, 0.5) is 0 Å². The van der Waals surface area contributed by atoms with E-state index >= 15 is 0 Å². The maximum Gasteiger partial charge on any atom is 0.127 e. The van der Waals surface area contributed by atoms with Crippen LogP contribution in [0.15, 0.2) is 34.5 Å². The third kappa shape index (κ3) is 4.32. The monoisotopic (exact) mass is 244 g/mol. The molecule has 74 valence electrons. The average Bonchev–Trinajstić information content (AvgIpc) is 2.02. The molecule has 0 radical (unpaired) electrons. The SMILES string of the molecule is C=C(OC(C)C(=C)C)C(Br)=C(C)C. The van der Waals surface area contributed by atoms with Crippen molar-refractivity contribution < 1.29 is 4.74 Å². The summed E-state index contributed by atoms with van der Waals surface area (Å²) in [5, 5.41) is 0. The Morgan fingerprint density at radius 2 is 1.69 bits per heavy atom. The van der Waals surface area contributed by atoms with E-state index in [2.05, 4.69) is 29.1 Å². The van der Waals surface area contributed by atoms with Crippen molar-refractivity contribution in [2.24, 2.45) is 0 Å². The Morgan fingerprint density at radius 1 is 1.23 bits per heavy atom. The molecule has 13 heavy (non-hydrogen) atoms. The number of halogens is 1. The molecule has 0 spiro atoms. The Labute approximate surface area is 89.3 Å². The van der Waals surface area contributed by atoms with Gasteiger partial charge in [0, 0.05) is 0 Å². The summed E-state index contributed by atoms with van der Waals surface area (Å²) in [6.07, 6.45) is 0.0133. The van der Waals surface area contributed by atoms with Crippen molar-refractivity contribution in [1.29, 1.82) is 0 Å². The molecule has 0 saturated heterocycles. The van der Waals surface area contributed by atoms with Gasteiger partial charge in [-0.3, -0.25) is 0 Å². The van der Waals surface area contributed by atoms with E-state index in [1.807, 2.05) is 27.7 Å². The number of rotatable bonds is 4. The highest BCUT2D eigenvalue weighted by Crippen LogP contribution is 2.23. The van der Waals surface area contributed by atoms with Gasteiger partial charge in [-0.1, -0.05) is 18.7 Å². The van der Waals surface area contributed by atoms with Gasteiger partial charge in [0.1, 0.15) is 11.9 Å². The van der Waals surface area contributed by atoms with Gasteiger partial charge in [0.25, 0.3) is 0 Å². The lowest BCUT2D eigenvalue weighted by atomic mass is 10.2. The lowest BCUT2D eigenvalue weighted by Gasteiger charge is -2.16. The maximum atomic E-state index is 5.54. The van der Waals surface area contributed by atoms with Crippen LogP contribution < -0.4 is 0 Å². The largest absolute Gasteiger partial charge is 0.486 e. The first kappa shape index (κ1) is 12.5. The van der Waals surface area contributed by atoms with Crippen molar-refractivity contribution >= 4 is 15.9 Å². The molecule has 0 aromatic rings. The van der Waals surface area contributed by atoms with E-state index in [4.69, 9.17) is 4.74 Å². The Kier molecular flexibility index (Phi) is 5.07. The van der Waals surface area contributed by atoms with Crippen LogP contribution in [0.3, 0.4) is 0 Å². The predicted molar refractivity (Wildman–Crippen MR) is 61.8 cm³/mol. The predicted octanol–water partition coefficient (Wildman–Crippen LogP) is 4.17. The first-order valence-electron chi connectivity index (χ1n) is 4.20. The summed E-state index contributed by atoms with van der Waals surface area (Å²) in [6, 6.07) is 0. The second-order valence-electron chi connectivity index (χ2n) is 3.34. The minimum Gasteiger partial charge on any atom is -0.486 e. The van der Waals surface area contributed by atoms with Crippen LogP contribution in [0.5, 0.6) is 0 Å². The number of allylic oxidation sites excluding steroid dienone is 2. The molecule has 0 aromatic heterocycles. The first-order valence-corrected chi connectivity index (χ1v) is 4.99. The van der Waals surface area contributed by atoms with Crippen molar-refractivity contribution in [3.8, 4) is 0 Å². The highest BCUT2D eigenvalue weighted by Gasteiger charge is 2.08. The molecule has 1 nitrogen and oxygen atoms in total. The molecular weight excluding hydrogens is 228 g/mol. The van der Waals surface area contributed by atoms with Crippen molar-refractivity contribution in [1.82, 2.24) is 0 Å². The Bertz CT molecular complexity index is 247. The van der Waals surface area contributed by atoms with Crippen LogP contribution >= 0.6 is 15.9 Å². The smallest absolute Gasteiger partial charge is 0.127 e. The van der Waals surface area contributed by atoms with Gasteiger partial charge in [0.2, 0.25) is 0 Å². The van der Waals surface area contributed by atoms with Crippen LogP contribution in [0, 0.1) is 0 Å². The fraction of sp³-hybridized carbons (Fsp3) is 0.455. The highest BCUT2D eigenvalue weighted by atomic mass is 79.9. The molecule has 0 aliphatic rings. The summed E-state index contributed by atoms with van der Waals surface area (Å²) >= 11 is 3.41. The van der Waals surface area contributed by atoms with Crippen LogP contribution in [0.2, 0.25) is 0 Å². The van der Waals surface area contributed by atoms with E-state index < -0.39 is 0 Å². The molecule has 1 unspecified atom stereocenters. The molecule has 0 rings (SSSR count). The molecule has 0 amide bonds. The summed E-state index contributed by atoms with van der Waals surface area (Å²) in [4.78, 5) is 0. The second-order valence-corrected chi connectivity index (χ2v) is 4.14. The quantitative estimate of drug-likeness (QED) is 0.410. The van der Waals surface area contributed by atoms with E-state index in [0.29, 0.717) is 5.76 Å². The number of hydrogen-bond acceptors (Lipinski definition) is 1. The summed E-state index contributed by atoms with van der Waals surface area (Å²) < 4.78 is 6.47. The van der Waals surface area contributed by atoms with Crippen molar-refractivity contribution in [3.05, 3.63) is 34.5 Å². The lowest BCUT2D eigenvalue weighted by Crippen LogP contribution is -2.08. The third-order valence-corrected chi connectivity index (χ3v) is 2.93. The van der Waals surface area contributed by atoms with Crippen molar-refractivity contribution in [3.63, 3.8) is 0 Å². The molecule has 2 heteroatoms. The zero-order valence-electron chi connectivity index (χ0n) is 8.78. The Balaban J connectivity index is 4.33. The topological polar surface area (TPSA) is 9.23 Å². The van der Waals surface area contributed by atoms with Gasteiger partial charge in [-0.2, -0.15) is 0 Å². The van der Waals surface area contributed by atoms with Gasteiger partial charge in [-0.25, -0.2) is 0 Å². The first-order chi connectivity index (χ1) is 5.86. The molecule has 0 saturated carbocycles. The fourth-order valence-corrected chi connectivity index (χ4v) is 0.738. The minimum absolute atomic E-state index is 0.0133. The molecule has 0 aromatic carbocycles. The molecule has 0 bridgehead atoms. The zero-order chi connectivity index (χ0) is 10.6. The molecule has 0 aliphatic heterocycles. The fourth-order valence-electron chi connectivity index (χ4n) is 0.645. The molecule has 0 N–H and O–H groups in total. The lowest BCUT2D eigenvalue weighted by molar-refractivity contribution is 0.171. The zero-order valence-corrected chi connectivity index (χ0v) is 10.4. The minimum atomic E-state index is 0.0133. The van der Waals surface area contributed by atoms with Crippen LogP contribution in [-0.2, 0) is 4.74 Å². The summed E-state index contributed by atoms with van der Waals surface area (Å²) in [6.45, 7) is 15.5. The summed E-state index contributed by atoms with van der Waals surface area (Å²) in [5.74, 6) is 0.663. The van der Waals surface area contributed by atoms with E-state index in [0.717, 1.165) is 15.6 Å². The van der Waals surface area contributed by atoms with Gasteiger partial charge in [-0.15, -0.1) is 0 Å². The van der Waals surface area contributed by atoms with Gasteiger partial charge in [-0.05, 0) is 49.2 Å². The average molecular weight is 245 g/mol. The number of ether oxygens (including phenoxy) is 1. The van der Waals surface area contributed by atoms with Gasteiger partial charge < -0.3 is 4.74 Å². The van der Waals surface area contributed by atoms with Crippen LogP contribution in [-0.4, -0.2) is 6.10 Å². The van der Waals surface area contributed by atoms with E-state index in [1.165, 1.54) is 0 Å². The molecule has 1 atom stereocenters. The van der Waals surface area contributed by atoms with E-state index in [9.17, 15) is 0 Å². The summed E-state index contributed by atoms with van der Waals surface area (Å²) in [7, 11) is 0. The third-order valence-electron chi connectivity index (χ3n) is 1.70. The standard InChI is InChI=1S/C11H17BrO/c1-7(2)9(5)13-10(6)11(12)8(3)4/h9H,1,6H2,2-5H3. The van der Waals surface area contributed by atoms with Crippen molar-refractivity contribution in [2.75, 3.05) is 0 Å². The van der Waals surface area contributed by atoms with Crippen LogP contribution in [0.25, 0.3) is 0 Å². The second kappa shape index (κ2) is 5.28. The molecular formula is C11H17BrO. The molecule has 0 aliphatic carbocycles. The van der Waals surface area contributed by atoms with Crippen molar-refractivity contribution in [2.45, 2.75) is 33.8 Å². The Morgan fingerprint density at radius 3 is 2.00 bits per heavy atom. The normalized spacial score (nSPS) is 11.8. The van der Waals surface area contributed by atoms with Crippen LogP contribution in [0.1, 0.15) is 27.7 Å². The number of hydrogen-bond donors (Lipinski definition) is 0. The van der Waals surface area contributed by atoms with E-state index in [1.54, 1.807) is 0 Å². The molecule has 0 fully saturated rings. The van der Waals surface area contributed by atoms with Gasteiger partial charge in [0.15, 0.2) is 0 Å².